The third-order valence-corrected chi connectivity index (χ3v) is 3.57. The summed E-state index contributed by atoms with van der Waals surface area (Å²) in [5.41, 5.74) is -0.370. The lowest BCUT2D eigenvalue weighted by Crippen LogP contribution is -2.39. The van der Waals surface area contributed by atoms with Crippen LogP contribution in [-0.2, 0) is 6.54 Å². The topological polar surface area (TPSA) is 50.4 Å². The van der Waals surface area contributed by atoms with Gasteiger partial charge < -0.3 is 14.0 Å². The Morgan fingerprint density at radius 1 is 1.15 bits per heavy atom. The van der Waals surface area contributed by atoms with E-state index in [0.717, 1.165) is 17.3 Å². The van der Waals surface area contributed by atoms with E-state index in [1.54, 1.807) is 0 Å². The van der Waals surface area contributed by atoms with Crippen LogP contribution in [0.25, 0.3) is 0 Å². The molecule has 114 valence electrons. The number of rotatable bonds is 9. The van der Waals surface area contributed by atoms with Crippen LogP contribution in [0.3, 0.4) is 0 Å². The predicted molar refractivity (Wildman–Crippen MR) is 80.7 cm³/mol. The molecule has 0 amide bonds. The first-order valence-corrected chi connectivity index (χ1v) is 7.57. The summed E-state index contributed by atoms with van der Waals surface area (Å²) in [6, 6.07) is 1.39. The van der Waals surface area contributed by atoms with Gasteiger partial charge in [0, 0.05) is 6.07 Å². The van der Waals surface area contributed by atoms with Gasteiger partial charge in [0.05, 0.1) is 20.6 Å². The molecule has 1 aromatic rings. The van der Waals surface area contributed by atoms with Crippen molar-refractivity contribution in [2.45, 2.75) is 52.0 Å². The molecule has 0 aliphatic rings. The minimum Gasteiger partial charge on any atom is -0.502 e. The number of hydrogen-bond donors (Lipinski definition) is 1. The van der Waals surface area contributed by atoms with Gasteiger partial charge in [-0.15, -0.1) is 0 Å². The van der Waals surface area contributed by atoms with Crippen molar-refractivity contribution in [2.24, 2.45) is 0 Å². The molecule has 1 rings (SSSR count). The van der Waals surface area contributed by atoms with Crippen LogP contribution in [0.1, 0.15) is 51.2 Å². The minimum absolute atomic E-state index is 0.324. The predicted octanol–water partition coefficient (Wildman–Crippen LogP) is 3.28. The fourth-order valence-electron chi connectivity index (χ4n) is 2.35. The Labute approximate surface area is 121 Å². The first kappa shape index (κ1) is 16.8. The van der Waals surface area contributed by atoms with Crippen LogP contribution < -0.4 is 5.43 Å². The molecule has 0 aliphatic heterocycles. The Hall–Kier alpha value is -1.29. The lowest BCUT2D eigenvalue weighted by molar-refractivity contribution is -0.904. The van der Waals surface area contributed by atoms with Gasteiger partial charge in [-0.2, -0.15) is 0 Å². The molecule has 0 atom stereocenters. The standard InChI is InChI=1S/C16H27NO3/c1-4-5-6-7-8-9-10-17(2,3)12-14-11-15(18)16(19)13-20-14/h11,13H,4-10,12H2,1-3H3/p+1. The van der Waals surface area contributed by atoms with E-state index in [1.165, 1.54) is 44.6 Å². The second-order valence-corrected chi connectivity index (χ2v) is 6.18. The Morgan fingerprint density at radius 2 is 1.80 bits per heavy atom. The van der Waals surface area contributed by atoms with Gasteiger partial charge in [0.1, 0.15) is 12.8 Å². The van der Waals surface area contributed by atoms with E-state index in [9.17, 15) is 9.90 Å². The smallest absolute Gasteiger partial charge is 0.226 e. The molecular formula is C16H28NO3+. The molecule has 4 nitrogen and oxygen atoms in total. The molecular weight excluding hydrogens is 254 g/mol. The molecule has 0 unspecified atom stereocenters. The maximum Gasteiger partial charge on any atom is 0.226 e. The monoisotopic (exact) mass is 282 g/mol. The van der Waals surface area contributed by atoms with Gasteiger partial charge in [0.25, 0.3) is 0 Å². The van der Waals surface area contributed by atoms with Crippen LogP contribution in [-0.4, -0.2) is 30.2 Å². The molecule has 0 bridgehead atoms. The zero-order valence-electron chi connectivity index (χ0n) is 13.0. The highest BCUT2D eigenvalue weighted by atomic mass is 16.4. The Bertz CT molecular complexity index is 451. The Kier molecular flexibility index (Phi) is 6.79. The molecule has 0 saturated carbocycles. The van der Waals surface area contributed by atoms with E-state index >= 15 is 0 Å². The quantitative estimate of drug-likeness (QED) is 0.558. The fraction of sp³-hybridized carbons (Fsp3) is 0.688. The summed E-state index contributed by atoms with van der Waals surface area (Å²) >= 11 is 0. The van der Waals surface area contributed by atoms with E-state index in [2.05, 4.69) is 21.0 Å². The molecule has 0 radical (unpaired) electrons. The molecule has 20 heavy (non-hydrogen) atoms. The van der Waals surface area contributed by atoms with Crippen molar-refractivity contribution in [1.82, 2.24) is 0 Å². The molecule has 0 aromatic carbocycles. The number of quaternary nitrogens is 1. The van der Waals surface area contributed by atoms with E-state index in [0.29, 0.717) is 12.3 Å². The van der Waals surface area contributed by atoms with E-state index in [-0.39, 0.29) is 11.2 Å². The van der Waals surface area contributed by atoms with Crippen molar-refractivity contribution < 1.29 is 14.0 Å². The third kappa shape index (κ3) is 6.24. The van der Waals surface area contributed by atoms with Crippen LogP contribution in [0.4, 0.5) is 0 Å². The highest BCUT2D eigenvalue weighted by Gasteiger charge is 2.17. The summed E-state index contributed by atoms with van der Waals surface area (Å²) in [6.07, 6.45) is 8.83. The molecule has 1 N–H and O–H groups in total. The van der Waals surface area contributed by atoms with Gasteiger partial charge >= 0.3 is 0 Å². The molecule has 4 heteroatoms. The maximum atomic E-state index is 11.4. The van der Waals surface area contributed by atoms with Gasteiger partial charge in [-0.3, -0.25) is 4.79 Å². The highest BCUT2D eigenvalue weighted by Crippen LogP contribution is 2.13. The first-order chi connectivity index (χ1) is 9.44. The zero-order valence-corrected chi connectivity index (χ0v) is 13.0. The van der Waals surface area contributed by atoms with Crippen LogP contribution in [0, 0.1) is 0 Å². The van der Waals surface area contributed by atoms with E-state index in [4.69, 9.17) is 4.42 Å². The summed E-state index contributed by atoms with van der Waals surface area (Å²) in [7, 11) is 4.28. The summed E-state index contributed by atoms with van der Waals surface area (Å²) in [6.45, 7) is 3.96. The van der Waals surface area contributed by atoms with Crippen molar-refractivity contribution in [3.63, 3.8) is 0 Å². The van der Waals surface area contributed by atoms with Gasteiger partial charge in [-0.05, 0) is 12.8 Å². The minimum atomic E-state index is -0.370. The average Bonchev–Trinajstić information content (AvgIpc) is 2.38. The molecule has 0 spiro atoms. The number of aromatic hydroxyl groups is 1. The second kappa shape index (κ2) is 8.10. The van der Waals surface area contributed by atoms with Gasteiger partial charge in [0.2, 0.25) is 5.43 Å². The summed E-state index contributed by atoms with van der Waals surface area (Å²) in [5, 5.41) is 9.17. The number of hydrogen-bond acceptors (Lipinski definition) is 3. The molecule has 1 heterocycles. The number of nitrogens with zero attached hydrogens (tertiary/aromatic N) is 1. The second-order valence-electron chi connectivity index (χ2n) is 6.18. The van der Waals surface area contributed by atoms with Crippen molar-refractivity contribution >= 4 is 0 Å². The number of unbranched alkanes of at least 4 members (excludes halogenated alkanes) is 5. The Balaban J connectivity index is 2.36. The highest BCUT2D eigenvalue weighted by molar-refractivity contribution is 5.15. The summed E-state index contributed by atoms with van der Waals surface area (Å²) in [5.74, 6) is 0.304. The average molecular weight is 282 g/mol. The van der Waals surface area contributed by atoms with Crippen molar-refractivity contribution in [2.75, 3.05) is 20.6 Å². The zero-order chi connectivity index (χ0) is 15.0. The SMILES string of the molecule is CCCCCCCC[N+](C)(C)Cc1cc(=O)c(O)co1. The van der Waals surface area contributed by atoms with E-state index in [1.807, 2.05) is 0 Å². The normalized spacial score (nSPS) is 11.8. The molecule has 1 aromatic heterocycles. The molecule has 0 saturated heterocycles. The lowest BCUT2D eigenvalue weighted by Gasteiger charge is -2.29. The third-order valence-electron chi connectivity index (χ3n) is 3.57. The summed E-state index contributed by atoms with van der Waals surface area (Å²) in [4.78, 5) is 11.4. The van der Waals surface area contributed by atoms with Crippen molar-refractivity contribution in [1.29, 1.82) is 0 Å². The van der Waals surface area contributed by atoms with Gasteiger partial charge in [-0.1, -0.05) is 32.6 Å². The molecule has 0 fully saturated rings. The van der Waals surface area contributed by atoms with Crippen LogP contribution in [0.2, 0.25) is 0 Å². The Morgan fingerprint density at radius 3 is 2.45 bits per heavy atom. The van der Waals surface area contributed by atoms with Gasteiger partial charge in [0.15, 0.2) is 11.5 Å². The molecule has 0 aliphatic carbocycles. The maximum absolute atomic E-state index is 11.4. The first-order valence-electron chi connectivity index (χ1n) is 7.57. The van der Waals surface area contributed by atoms with Crippen LogP contribution >= 0.6 is 0 Å². The summed E-state index contributed by atoms with van der Waals surface area (Å²) < 4.78 is 6.06. The lowest BCUT2D eigenvalue weighted by atomic mass is 10.1. The van der Waals surface area contributed by atoms with Crippen LogP contribution in [0.15, 0.2) is 21.5 Å². The van der Waals surface area contributed by atoms with Crippen LogP contribution in [0.5, 0.6) is 5.75 Å². The fourth-order valence-corrected chi connectivity index (χ4v) is 2.35. The van der Waals surface area contributed by atoms with Crippen molar-refractivity contribution in [3.05, 3.63) is 28.3 Å². The van der Waals surface area contributed by atoms with E-state index < -0.39 is 0 Å². The van der Waals surface area contributed by atoms with Gasteiger partial charge in [-0.25, -0.2) is 0 Å². The largest absolute Gasteiger partial charge is 0.502 e. The van der Waals surface area contributed by atoms with Crippen molar-refractivity contribution in [3.8, 4) is 5.75 Å².